The standard InChI is InChI=1S/C17H18ClFN2O3S/c1-12(13-4-3-5-14(18)10-13)20-17(22)11-21(2)25(23,24)16-8-6-15(19)7-9-16/h3-10,12H,11H2,1-2H3,(H,20,22). The number of hydrogen-bond donors (Lipinski definition) is 1. The Bertz CT molecular complexity index is 856. The van der Waals surface area contributed by atoms with Crippen LogP contribution < -0.4 is 5.32 Å². The van der Waals surface area contributed by atoms with Gasteiger partial charge in [-0.2, -0.15) is 4.31 Å². The maximum absolute atomic E-state index is 12.9. The molecule has 5 nitrogen and oxygen atoms in total. The summed E-state index contributed by atoms with van der Waals surface area (Å²) in [4.78, 5) is 12.1. The van der Waals surface area contributed by atoms with E-state index in [4.69, 9.17) is 11.6 Å². The van der Waals surface area contributed by atoms with Crippen molar-refractivity contribution in [2.45, 2.75) is 17.9 Å². The first-order chi connectivity index (χ1) is 11.7. The molecule has 0 saturated heterocycles. The van der Waals surface area contributed by atoms with Crippen molar-refractivity contribution < 1.29 is 17.6 Å². The van der Waals surface area contributed by atoms with Crippen molar-refractivity contribution in [2.75, 3.05) is 13.6 Å². The van der Waals surface area contributed by atoms with Crippen LogP contribution in [0.15, 0.2) is 53.4 Å². The second-order valence-electron chi connectivity index (χ2n) is 5.56. The van der Waals surface area contributed by atoms with Crippen molar-refractivity contribution in [1.82, 2.24) is 9.62 Å². The molecule has 0 radical (unpaired) electrons. The number of halogens is 2. The summed E-state index contributed by atoms with van der Waals surface area (Å²) in [5.74, 6) is -0.990. The Hall–Kier alpha value is -1.96. The first kappa shape index (κ1) is 19.4. The number of carbonyl (C=O) groups is 1. The number of benzene rings is 2. The highest BCUT2D eigenvalue weighted by molar-refractivity contribution is 7.89. The highest BCUT2D eigenvalue weighted by atomic mass is 35.5. The van der Waals surface area contributed by atoms with Crippen LogP contribution in [0.5, 0.6) is 0 Å². The average Bonchev–Trinajstić information content (AvgIpc) is 2.55. The van der Waals surface area contributed by atoms with E-state index in [-0.39, 0.29) is 17.5 Å². The zero-order valence-corrected chi connectivity index (χ0v) is 15.3. The summed E-state index contributed by atoms with van der Waals surface area (Å²) in [6, 6.07) is 11.1. The van der Waals surface area contributed by atoms with Gasteiger partial charge in [0, 0.05) is 12.1 Å². The van der Waals surface area contributed by atoms with Crippen LogP contribution in [0.25, 0.3) is 0 Å². The molecule has 25 heavy (non-hydrogen) atoms. The minimum absolute atomic E-state index is 0.0768. The molecule has 8 heteroatoms. The Balaban J connectivity index is 2.03. The molecule has 0 heterocycles. The molecule has 0 aliphatic carbocycles. The maximum Gasteiger partial charge on any atom is 0.243 e. The summed E-state index contributed by atoms with van der Waals surface area (Å²) in [5.41, 5.74) is 0.810. The lowest BCUT2D eigenvalue weighted by molar-refractivity contribution is -0.121. The smallest absolute Gasteiger partial charge is 0.243 e. The van der Waals surface area contributed by atoms with Crippen molar-refractivity contribution in [3.8, 4) is 0 Å². The largest absolute Gasteiger partial charge is 0.348 e. The van der Waals surface area contributed by atoms with Crippen LogP contribution in [0.2, 0.25) is 5.02 Å². The van der Waals surface area contributed by atoms with Crippen LogP contribution in [-0.2, 0) is 14.8 Å². The van der Waals surface area contributed by atoms with Crippen LogP contribution in [-0.4, -0.2) is 32.2 Å². The lowest BCUT2D eigenvalue weighted by Gasteiger charge is -2.19. The number of amides is 1. The summed E-state index contributed by atoms with van der Waals surface area (Å²) in [6.45, 7) is 1.42. The predicted octanol–water partition coefficient (Wildman–Crippen LogP) is 2.98. The van der Waals surface area contributed by atoms with Gasteiger partial charge in [-0.15, -0.1) is 0 Å². The Kier molecular flexibility index (Phi) is 6.16. The molecule has 0 fully saturated rings. The van der Waals surface area contributed by atoms with Crippen LogP contribution in [0.4, 0.5) is 4.39 Å². The van der Waals surface area contributed by atoms with Crippen molar-refractivity contribution in [3.05, 3.63) is 64.9 Å². The number of sulfonamides is 1. The molecule has 0 aromatic heterocycles. The fourth-order valence-electron chi connectivity index (χ4n) is 2.22. The van der Waals surface area contributed by atoms with Gasteiger partial charge in [0.15, 0.2) is 0 Å². The average molecular weight is 385 g/mol. The van der Waals surface area contributed by atoms with Crippen LogP contribution in [0.1, 0.15) is 18.5 Å². The Morgan fingerprint density at radius 2 is 1.88 bits per heavy atom. The third kappa shape index (κ3) is 5.01. The number of likely N-dealkylation sites (N-methyl/N-ethyl adjacent to an activating group) is 1. The van der Waals surface area contributed by atoms with Crippen molar-refractivity contribution >= 4 is 27.5 Å². The molecule has 1 unspecified atom stereocenters. The SMILES string of the molecule is CC(NC(=O)CN(C)S(=O)(=O)c1ccc(F)cc1)c1cccc(Cl)c1. The van der Waals surface area contributed by atoms with E-state index >= 15 is 0 Å². The van der Waals surface area contributed by atoms with E-state index in [2.05, 4.69) is 5.32 Å². The number of hydrogen-bond acceptors (Lipinski definition) is 3. The van der Waals surface area contributed by atoms with Crippen molar-refractivity contribution in [1.29, 1.82) is 0 Å². The van der Waals surface area contributed by atoms with Crippen LogP contribution in [0.3, 0.4) is 0 Å². The molecule has 2 aromatic rings. The molecule has 0 spiro atoms. The summed E-state index contributed by atoms with van der Waals surface area (Å²) < 4.78 is 38.6. The number of carbonyl (C=O) groups excluding carboxylic acids is 1. The van der Waals surface area contributed by atoms with Gasteiger partial charge in [-0.1, -0.05) is 23.7 Å². The molecule has 1 N–H and O–H groups in total. The molecule has 0 saturated carbocycles. The Morgan fingerprint density at radius 1 is 1.24 bits per heavy atom. The van der Waals surface area contributed by atoms with Gasteiger partial charge in [0.05, 0.1) is 17.5 Å². The number of nitrogens with zero attached hydrogens (tertiary/aromatic N) is 1. The van der Waals surface area contributed by atoms with E-state index in [9.17, 15) is 17.6 Å². The first-order valence-electron chi connectivity index (χ1n) is 7.47. The number of nitrogens with one attached hydrogen (secondary N) is 1. The highest BCUT2D eigenvalue weighted by Crippen LogP contribution is 2.18. The molecule has 1 amide bonds. The van der Waals surface area contributed by atoms with E-state index in [1.54, 1.807) is 25.1 Å². The van der Waals surface area contributed by atoms with E-state index < -0.39 is 21.7 Å². The second kappa shape index (κ2) is 7.95. The Labute approximate surface area is 151 Å². The normalized spacial score (nSPS) is 12.8. The minimum atomic E-state index is -3.87. The zero-order chi connectivity index (χ0) is 18.6. The molecule has 1 atom stereocenters. The van der Waals surface area contributed by atoms with Crippen LogP contribution >= 0.6 is 11.6 Å². The fraction of sp³-hybridized carbons (Fsp3) is 0.235. The van der Waals surface area contributed by atoms with E-state index in [0.717, 1.165) is 34.1 Å². The molecule has 0 bridgehead atoms. The van der Waals surface area contributed by atoms with Gasteiger partial charge in [-0.05, 0) is 48.9 Å². The van der Waals surface area contributed by atoms with Crippen molar-refractivity contribution in [3.63, 3.8) is 0 Å². The second-order valence-corrected chi connectivity index (χ2v) is 8.04. The van der Waals surface area contributed by atoms with E-state index in [1.165, 1.54) is 7.05 Å². The highest BCUT2D eigenvalue weighted by Gasteiger charge is 2.23. The molecule has 134 valence electrons. The molecular formula is C17H18ClFN2O3S. The van der Waals surface area contributed by atoms with Gasteiger partial charge in [0.25, 0.3) is 0 Å². The molecular weight excluding hydrogens is 367 g/mol. The zero-order valence-electron chi connectivity index (χ0n) is 13.7. The van der Waals surface area contributed by atoms with Gasteiger partial charge < -0.3 is 5.32 Å². The molecule has 2 aromatic carbocycles. The maximum atomic E-state index is 12.9. The summed E-state index contributed by atoms with van der Waals surface area (Å²) >= 11 is 5.92. The lowest BCUT2D eigenvalue weighted by atomic mass is 10.1. The van der Waals surface area contributed by atoms with Crippen LogP contribution in [0, 0.1) is 5.82 Å². The monoisotopic (exact) mass is 384 g/mol. The molecule has 0 aliphatic rings. The predicted molar refractivity (Wildman–Crippen MR) is 94.2 cm³/mol. The van der Waals surface area contributed by atoms with Gasteiger partial charge >= 0.3 is 0 Å². The minimum Gasteiger partial charge on any atom is -0.348 e. The molecule has 0 aliphatic heterocycles. The van der Waals surface area contributed by atoms with E-state index in [1.807, 2.05) is 6.07 Å². The van der Waals surface area contributed by atoms with Gasteiger partial charge in [0.2, 0.25) is 15.9 Å². The summed E-state index contributed by atoms with van der Waals surface area (Å²) in [7, 11) is -2.58. The number of rotatable bonds is 6. The van der Waals surface area contributed by atoms with Crippen molar-refractivity contribution in [2.24, 2.45) is 0 Å². The Morgan fingerprint density at radius 3 is 2.48 bits per heavy atom. The third-order valence-electron chi connectivity index (χ3n) is 3.61. The van der Waals surface area contributed by atoms with Gasteiger partial charge in [-0.3, -0.25) is 4.79 Å². The molecule has 2 rings (SSSR count). The fourth-order valence-corrected chi connectivity index (χ4v) is 3.55. The van der Waals surface area contributed by atoms with E-state index in [0.29, 0.717) is 5.02 Å². The summed E-state index contributed by atoms with van der Waals surface area (Å²) in [5, 5.41) is 3.27. The first-order valence-corrected chi connectivity index (χ1v) is 9.28. The lowest BCUT2D eigenvalue weighted by Crippen LogP contribution is -2.39. The van der Waals surface area contributed by atoms with Gasteiger partial charge in [0.1, 0.15) is 5.82 Å². The third-order valence-corrected chi connectivity index (χ3v) is 5.67. The summed E-state index contributed by atoms with van der Waals surface area (Å²) in [6.07, 6.45) is 0. The quantitative estimate of drug-likeness (QED) is 0.832. The topological polar surface area (TPSA) is 66.5 Å². The van der Waals surface area contributed by atoms with Gasteiger partial charge in [-0.25, -0.2) is 12.8 Å².